The maximum Gasteiger partial charge on any atom is 0.323 e. The molecule has 0 spiro atoms. The van der Waals surface area contributed by atoms with Crippen molar-refractivity contribution in [3.05, 3.63) is 72.4 Å². The van der Waals surface area contributed by atoms with Crippen LogP contribution >= 0.6 is 11.3 Å². The zero-order chi connectivity index (χ0) is 20.6. The SMILES string of the molecule is COC(=O)[C@H](C)CN(Cc1ccccc1)C(=O)Nc1ncc(-c2ccccc2)s1. The van der Waals surface area contributed by atoms with E-state index in [0.717, 1.165) is 16.0 Å². The first kappa shape index (κ1) is 20.5. The predicted molar refractivity (Wildman–Crippen MR) is 115 cm³/mol. The molecule has 2 aromatic carbocycles. The molecule has 0 saturated carbocycles. The average molecular weight is 410 g/mol. The second-order valence-electron chi connectivity index (χ2n) is 6.62. The van der Waals surface area contributed by atoms with Gasteiger partial charge in [0.15, 0.2) is 5.13 Å². The smallest absolute Gasteiger partial charge is 0.323 e. The molecule has 0 bridgehead atoms. The van der Waals surface area contributed by atoms with Crippen LogP contribution in [0.15, 0.2) is 66.9 Å². The van der Waals surface area contributed by atoms with Crippen LogP contribution in [0.4, 0.5) is 9.93 Å². The van der Waals surface area contributed by atoms with Crippen LogP contribution < -0.4 is 5.32 Å². The number of esters is 1. The lowest BCUT2D eigenvalue weighted by Crippen LogP contribution is -2.39. The summed E-state index contributed by atoms with van der Waals surface area (Å²) in [6.45, 7) is 2.36. The zero-order valence-electron chi connectivity index (χ0n) is 16.4. The monoisotopic (exact) mass is 409 g/mol. The third kappa shape index (κ3) is 5.65. The largest absolute Gasteiger partial charge is 0.469 e. The second-order valence-corrected chi connectivity index (χ2v) is 7.65. The number of benzene rings is 2. The number of aromatic nitrogens is 1. The molecule has 0 radical (unpaired) electrons. The number of ether oxygens (including phenoxy) is 1. The summed E-state index contributed by atoms with van der Waals surface area (Å²) in [4.78, 5) is 31.7. The van der Waals surface area contributed by atoms with E-state index < -0.39 is 5.92 Å². The Morgan fingerprint density at radius 3 is 2.41 bits per heavy atom. The van der Waals surface area contributed by atoms with Crippen molar-refractivity contribution >= 4 is 28.5 Å². The molecule has 0 saturated heterocycles. The Morgan fingerprint density at radius 2 is 1.76 bits per heavy atom. The van der Waals surface area contributed by atoms with Crippen LogP contribution in [0.1, 0.15) is 12.5 Å². The molecular formula is C22H23N3O3S. The number of amides is 2. The summed E-state index contributed by atoms with van der Waals surface area (Å²) in [6.07, 6.45) is 1.74. The van der Waals surface area contributed by atoms with Crippen LogP contribution in [0.2, 0.25) is 0 Å². The Bertz CT molecular complexity index is 944. The van der Waals surface area contributed by atoms with Crippen LogP contribution in [-0.4, -0.2) is 35.5 Å². The molecular weight excluding hydrogens is 386 g/mol. The van der Waals surface area contributed by atoms with Gasteiger partial charge in [0, 0.05) is 19.3 Å². The van der Waals surface area contributed by atoms with Gasteiger partial charge in [0.2, 0.25) is 0 Å². The average Bonchev–Trinajstić information content (AvgIpc) is 3.22. The van der Waals surface area contributed by atoms with Crippen LogP contribution in [0.25, 0.3) is 10.4 Å². The van der Waals surface area contributed by atoms with E-state index in [2.05, 4.69) is 10.3 Å². The minimum Gasteiger partial charge on any atom is -0.469 e. The molecule has 0 unspecified atom stereocenters. The van der Waals surface area contributed by atoms with Crippen molar-refractivity contribution in [1.29, 1.82) is 0 Å². The Labute approximate surface area is 174 Å². The van der Waals surface area contributed by atoms with Gasteiger partial charge in [-0.3, -0.25) is 10.1 Å². The molecule has 2 amide bonds. The highest BCUT2D eigenvalue weighted by molar-refractivity contribution is 7.19. The lowest BCUT2D eigenvalue weighted by molar-refractivity contribution is -0.145. The number of carbonyl (C=O) groups excluding carboxylic acids is 2. The van der Waals surface area contributed by atoms with Crippen molar-refractivity contribution < 1.29 is 14.3 Å². The molecule has 0 aliphatic heterocycles. The van der Waals surface area contributed by atoms with E-state index in [-0.39, 0.29) is 18.5 Å². The van der Waals surface area contributed by atoms with Gasteiger partial charge in [0.25, 0.3) is 0 Å². The van der Waals surface area contributed by atoms with Gasteiger partial charge in [-0.25, -0.2) is 9.78 Å². The fourth-order valence-corrected chi connectivity index (χ4v) is 3.68. The number of urea groups is 1. The molecule has 29 heavy (non-hydrogen) atoms. The van der Waals surface area contributed by atoms with E-state index in [0.29, 0.717) is 11.7 Å². The van der Waals surface area contributed by atoms with Gasteiger partial charge in [0.1, 0.15) is 0 Å². The molecule has 1 heterocycles. The second kappa shape index (κ2) is 9.84. The van der Waals surface area contributed by atoms with Crippen LogP contribution in [0.3, 0.4) is 0 Å². The number of hydrogen-bond acceptors (Lipinski definition) is 5. The van der Waals surface area contributed by atoms with E-state index in [1.54, 1.807) is 18.0 Å². The molecule has 1 N–H and O–H groups in total. The Kier molecular flexibility index (Phi) is 6.97. The highest BCUT2D eigenvalue weighted by Crippen LogP contribution is 2.28. The number of rotatable bonds is 7. The maximum absolute atomic E-state index is 12.9. The number of hydrogen-bond donors (Lipinski definition) is 1. The Hall–Kier alpha value is -3.19. The zero-order valence-corrected chi connectivity index (χ0v) is 17.2. The van der Waals surface area contributed by atoms with E-state index >= 15 is 0 Å². The number of methoxy groups -OCH3 is 1. The highest BCUT2D eigenvalue weighted by Gasteiger charge is 2.22. The minimum atomic E-state index is -0.439. The number of carbonyl (C=O) groups is 2. The first-order valence-corrected chi connectivity index (χ1v) is 10.1. The fourth-order valence-electron chi connectivity index (χ4n) is 2.87. The number of nitrogens with zero attached hydrogens (tertiary/aromatic N) is 2. The van der Waals surface area contributed by atoms with Crippen molar-refractivity contribution in [1.82, 2.24) is 9.88 Å². The summed E-state index contributed by atoms with van der Waals surface area (Å²) in [7, 11) is 1.35. The topological polar surface area (TPSA) is 71.5 Å². The third-order valence-corrected chi connectivity index (χ3v) is 5.34. The summed E-state index contributed by atoms with van der Waals surface area (Å²) in [5, 5.41) is 3.37. The summed E-state index contributed by atoms with van der Waals surface area (Å²) in [5.74, 6) is -0.790. The molecule has 7 heteroatoms. The van der Waals surface area contributed by atoms with Crippen LogP contribution in [0.5, 0.6) is 0 Å². The highest BCUT2D eigenvalue weighted by atomic mass is 32.1. The number of thiazole rings is 1. The van der Waals surface area contributed by atoms with Gasteiger partial charge in [-0.1, -0.05) is 78.9 Å². The maximum atomic E-state index is 12.9. The molecule has 3 aromatic rings. The summed E-state index contributed by atoms with van der Waals surface area (Å²) in [5.41, 5.74) is 2.02. The van der Waals surface area contributed by atoms with Gasteiger partial charge in [-0.2, -0.15) is 0 Å². The van der Waals surface area contributed by atoms with Crippen molar-refractivity contribution in [2.45, 2.75) is 13.5 Å². The van der Waals surface area contributed by atoms with Crippen molar-refractivity contribution in [2.75, 3.05) is 19.0 Å². The van der Waals surface area contributed by atoms with E-state index in [9.17, 15) is 9.59 Å². The Morgan fingerprint density at radius 1 is 1.10 bits per heavy atom. The third-order valence-electron chi connectivity index (χ3n) is 4.38. The molecule has 1 aromatic heterocycles. The minimum absolute atomic E-state index is 0.240. The number of nitrogens with one attached hydrogen (secondary N) is 1. The van der Waals surface area contributed by atoms with Crippen LogP contribution in [0, 0.1) is 5.92 Å². The molecule has 3 rings (SSSR count). The summed E-state index contributed by atoms with van der Waals surface area (Å²) >= 11 is 1.41. The van der Waals surface area contributed by atoms with Gasteiger partial charge in [-0.15, -0.1) is 0 Å². The quantitative estimate of drug-likeness (QED) is 0.577. The summed E-state index contributed by atoms with van der Waals surface area (Å²) in [6, 6.07) is 19.2. The normalized spacial score (nSPS) is 11.5. The van der Waals surface area contributed by atoms with Gasteiger partial charge in [0.05, 0.1) is 17.9 Å². The Balaban J connectivity index is 1.73. The fraction of sp³-hybridized carbons (Fsp3) is 0.227. The van der Waals surface area contributed by atoms with E-state index in [1.807, 2.05) is 60.7 Å². The predicted octanol–water partition coefficient (Wildman–Crippen LogP) is 4.65. The lowest BCUT2D eigenvalue weighted by atomic mass is 10.1. The molecule has 6 nitrogen and oxygen atoms in total. The van der Waals surface area contributed by atoms with E-state index in [4.69, 9.17) is 4.74 Å². The molecule has 0 fully saturated rings. The van der Waals surface area contributed by atoms with Gasteiger partial charge < -0.3 is 9.64 Å². The molecule has 0 aliphatic rings. The van der Waals surface area contributed by atoms with Crippen molar-refractivity contribution in [2.24, 2.45) is 5.92 Å². The van der Waals surface area contributed by atoms with Crippen LogP contribution in [-0.2, 0) is 16.1 Å². The van der Waals surface area contributed by atoms with Gasteiger partial charge in [-0.05, 0) is 11.1 Å². The van der Waals surface area contributed by atoms with E-state index in [1.165, 1.54) is 18.4 Å². The van der Waals surface area contributed by atoms with Crippen molar-refractivity contribution in [3.63, 3.8) is 0 Å². The van der Waals surface area contributed by atoms with Crippen molar-refractivity contribution in [3.8, 4) is 10.4 Å². The first-order chi connectivity index (χ1) is 14.1. The first-order valence-electron chi connectivity index (χ1n) is 9.25. The summed E-state index contributed by atoms with van der Waals surface area (Å²) < 4.78 is 4.81. The standard InChI is InChI=1S/C22H23N3O3S/c1-16(20(26)28-2)14-25(15-17-9-5-3-6-10-17)22(27)24-21-23-13-19(29-21)18-11-7-4-8-12-18/h3-13,16H,14-15H2,1-2H3,(H,23,24,27)/t16-/m1/s1. The van der Waals surface area contributed by atoms with Gasteiger partial charge >= 0.3 is 12.0 Å². The lowest BCUT2D eigenvalue weighted by Gasteiger charge is -2.25. The number of anilines is 1. The molecule has 150 valence electrons. The molecule has 1 atom stereocenters. The molecule has 0 aliphatic carbocycles.